The van der Waals surface area contributed by atoms with Crippen molar-refractivity contribution >= 4 is 33.0 Å². The predicted octanol–water partition coefficient (Wildman–Crippen LogP) is 6.02. The van der Waals surface area contributed by atoms with Crippen LogP contribution in [0.4, 0.5) is 17.1 Å². The highest BCUT2D eigenvalue weighted by Gasteiger charge is 2.21. The fraction of sp³-hybridized carbons (Fsp3) is 0.100. The molecule has 0 radical (unpaired) electrons. The maximum Gasteiger partial charge on any atom is 0.0505 e. The molecule has 0 amide bonds. The molecule has 4 rings (SSSR count). The van der Waals surface area contributed by atoms with E-state index in [1.165, 1.54) is 28.2 Å². The van der Waals surface area contributed by atoms with Crippen LogP contribution in [-0.4, -0.2) is 0 Å². The number of benzene rings is 3. The zero-order valence-corrected chi connectivity index (χ0v) is 13.8. The summed E-state index contributed by atoms with van der Waals surface area (Å²) in [6.07, 6.45) is 2.15. The fourth-order valence-electron chi connectivity index (χ4n) is 3.15. The van der Waals surface area contributed by atoms with E-state index < -0.39 is 0 Å². The van der Waals surface area contributed by atoms with Crippen molar-refractivity contribution in [1.29, 1.82) is 0 Å². The van der Waals surface area contributed by atoms with E-state index in [-0.39, 0.29) is 0 Å². The van der Waals surface area contributed by atoms with Crippen molar-refractivity contribution in [2.24, 2.45) is 0 Å². The highest BCUT2D eigenvalue weighted by Crippen LogP contribution is 2.42. The van der Waals surface area contributed by atoms with E-state index in [4.69, 9.17) is 0 Å². The molecule has 0 aromatic heterocycles. The summed E-state index contributed by atoms with van der Waals surface area (Å²) in [5.74, 6) is 0. The van der Waals surface area contributed by atoms with Crippen LogP contribution < -0.4 is 4.90 Å². The third kappa shape index (κ3) is 2.34. The monoisotopic (exact) mass is 349 g/mol. The second-order valence-electron chi connectivity index (χ2n) is 5.57. The summed E-state index contributed by atoms with van der Waals surface area (Å²) in [5, 5.41) is 0. The Balaban J connectivity index is 2.00. The highest BCUT2D eigenvalue weighted by molar-refractivity contribution is 9.10. The van der Waals surface area contributed by atoms with Crippen LogP contribution in [0.5, 0.6) is 0 Å². The Hall–Kier alpha value is -2.06. The second-order valence-corrected chi connectivity index (χ2v) is 6.49. The molecule has 0 atom stereocenters. The molecule has 0 N–H and O–H groups in total. The van der Waals surface area contributed by atoms with Crippen LogP contribution in [0.1, 0.15) is 11.1 Å². The van der Waals surface area contributed by atoms with Gasteiger partial charge in [0.15, 0.2) is 0 Å². The summed E-state index contributed by atoms with van der Waals surface area (Å²) in [6.45, 7) is 0. The highest BCUT2D eigenvalue weighted by atomic mass is 79.9. The molecule has 0 bridgehead atoms. The zero-order chi connectivity index (χ0) is 14.9. The first kappa shape index (κ1) is 13.6. The third-order valence-electron chi connectivity index (χ3n) is 4.20. The molecule has 0 saturated heterocycles. The molecular weight excluding hydrogens is 334 g/mol. The molecule has 0 spiro atoms. The van der Waals surface area contributed by atoms with Crippen molar-refractivity contribution < 1.29 is 0 Å². The minimum Gasteiger partial charge on any atom is -0.310 e. The summed E-state index contributed by atoms with van der Waals surface area (Å²) in [5.41, 5.74) is 6.55. The lowest BCUT2D eigenvalue weighted by atomic mass is 10.0. The minimum atomic E-state index is 1.07. The van der Waals surface area contributed by atoms with Gasteiger partial charge < -0.3 is 4.90 Å². The number of halogens is 1. The molecule has 3 aromatic rings. The molecule has 1 heterocycles. The van der Waals surface area contributed by atoms with Gasteiger partial charge in [-0.25, -0.2) is 0 Å². The molecule has 1 aliphatic heterocycles. The Labute approximate surface area is 139 Å². The molecule has 0 fully saturated rings. The maximum absolute atomic E-state index is 3.63. The van der Waals surface area contributed by atoms with Gasteiger partial charge in [0.1, 0.15) is 0 Å². The molecule has 108 valence electrons. The number of para-hydroxylation sites is 2. The standard InChI is InChI=1S/C20H16BrN/c21-17-13-12-16-11-10-15-6-4-5-9-19(15)22(20(16)14-17)18-7-2-1-3-8-18/h1-9,12-14H,10-11H2. The van der Waals surface area contributed by atoms with Gasteiger partial charge in [-0.05, 0) is 54.3 Å². The Bertz CT molecular complexity index is 811. The smallest absolute Gasteiger partial charge is 0.0505 e. The van der Waals surface area contributed by atoms with Crippen molar-refractivity contribution in [3.8, 4) is 0 Å². The topological polar surface area (TPSA) is 3.24 Å². The van der Waals surface area contributed by atoms with E-state index >= 15 is 0 Å². The van der Waals surface area contributed by atoms with E-state index in [1.807, 2.05) is 0 Å². The summed E-state index contributed by atoms with van der Waals surface area (Å²) >= 11 is 3.63. The van der Waals surface area contributed by atoms with Crippen LogP contribution in [0.3, 0.4) is 0 Å². The molecule has 1 nitrogen and oxygen atoms in total. The van der Waals surface area contributed by atoms with Gasteiger partial charge in [0.2, 0.25) is 0 Å². The Kier molecular flexibility index (Phi) is 3.47. The van der Waals surface area contributed by atoms with Gasteiger partial charge in [0.25, 0.3) is 0 Å². The van der Waals surface area contributed by atoms with E-state index in [0.717, 1.165) is 17.3 Å². The van der Waals surface area contributed by atoms with E-state index in [2.05, 4.69) is 93.6 Å². The normalized spacial score (nSPS) is 13.2. The van der Waals surface area contributed by atoms with Gasteiger partial charge in [-0.1, -0.05) is 58.4 Å². The lowest BCUT2D eigenvalue weighted by Crippen LogP contribution is -2.11. The largest absolute Gasteiger partial charge is 0.310 e. The van der Waals surface area contributed by atoms with Crippen LogP contribution in [0, 0.1) is 0 Å². The number of aryl methyl sites for hydroxylation is 2. The Morgan fingerprint density at radius 1 is 0.682 bits per heavy atom. The van der Waals surface area contributed by atoms with Gasteiger partial charge in [-0.2, -0.15) is 0 Å². The van der Waals surface area contributed by atoms with E-state index in [9.17, 15) is 0 Å². The quantitative estimate of drug-likeness (QED) is 0.519. The summed E-state index contributed by atoms with van der Waals surface area (Å²) in [7, 11) is 0. The van der Waals surface area contributed by atoms with Gasteiger partial charge in [-0.3, -0.25) is 0 Å². The first-order valence-electron chi connectivity index (χ1n) is 7.54. The maximum atomic E-state index is 3.63. The van der Waals surface area contributed by atoms with Crippen molar-refractivity contribution in [3.63, 3.8) is 0 Å². The summed E-state index contributed by atoms with van der Waals surface area (Å²) < 4.78 is 1.12. The number of anilines is 3. The second kappa shape index (κ2) is 5.62. The Morgan fingerprint density at radius 3 is 2.18 bits per heavy atom. The number of fused-ring (bicyclic) bond motifs is 2. The molecule has 22 heavy (non-hydrogen) atoms. The summed E-state index contributed by atoms with van der Waals surface area (Å²) in [4.78, 5) is 2.38. The van der Waals surface area contributed by atoms with Gasteiger partial charge in [-0.15, -0.1) is 0 Å². The van der Waals surface area contributed by atoms with Crippen molar-refractivity contribution in [2.45, 2.75) is 12.8 Å². The molecule has 0 saturated carbocycles. The van der Waals surface area contributed by atoms with E-state index in [1.54, 1.807) is 0 Å². The summed E-state index contributed by atoms with van der Waals surface area (Å²) in [6, 6.07) is 25.9. The van der Waals surface area contributed by atoms with Crippen LogP contribution in [0.25, 0.3) is 0 Å². The van der Waals surface area contributed by atoms with Crippen molar-refractivity contribution in [3.05, 3.63) is 88.4 Å². The Morgan fingerprint density at radius 2 is 1.36 bits per heavy atom. The lowest BCUT2D eigenvalue weighted by Gasteiger charge is -2.27. The number of hydrogen-bond donors (Lipinski definition) is 0. The molecule has 2 heteroatoms. The molecule has 0 unspecified atom stereocenters. The molecular formula is C20H16BrN. The molecule has 0 aliphatic carbocycles. The van der Waals surface area contributed by atoms with Crippen molar-refractivity contribution in [2.75, 3.05) is 4.90 Å². The van der Waals surface area contributed by atoms with Crippen LogP contribution in [0.2, 0.25) is 0 Å². The zero-order valence-electron chi connectivity index (χ0n) is 12.2. The van der Waals surface area contributed by atoms with Gasteiger partial charge in [0.05, 0.1) is 5.69 Å². The fourth-order valence-corrected chi connectivity index (χ4v) is 3.50. The van der Waals surface area contributed by atoms with Crippen LogP contribution in [0.15, 0.2) is 77.3 Å². The third-order valence-corrected chi connectivity index (χ3v) is 4.69. The van der Waals surface area contributed by atoms with Gasteiger partial charge >= 0.3 is 0 Å². The first-order valence-corrected chi connectivity index (χ1v) is 8.34. The number of nitrogens with zero attached hydrogens (tertiary/aromatic N) is 1. The van der Waals surface area contributed by atoms with Gasteiger partial charge in [0, 0.05) is 15.8 Å². The average molecular weight is 350 g/mol. The lowest BCUT2D eigenvalue weighted by molar-refractivity contribution is 0.977. The van der Waals surface area contributed by atoms with Crippen molar-refractivity contribution in [1.82, 2.24) is 0 Å². The predicted molar refractivity (Wildman–Crippen MR) is 96.2 cm³/mol. The number of hydrogen-bond acceptors (Lipinski definition) is 1. The average Bonchev–Trinajstić information content (AvgIpc) is 2.72. The number of rotatable bonds is 1. The molecule has 1 aliphatic rings. The SMILES string of the molecule is Brc1ccc2c(c1)N(c1ccccc1)c1ccccc1CC2. The van der Waals surface area contributed by atoms with E-state index in [0.29, 0.717) is 0 Å². The van der Waals surface area contributed by atoms with Crippen LogP contribution in [-0.2, 0) is 12.8 Å². The first-order chi connectivity index (χ1) is 10.8. The van der Waals surface area contributed by atoms with Crippen LogP contribution >= 0.6 is 15.9 Å². The molecule has 3 aromatic carbocycles. The minimum absolute atomic E-state index is 1.07.